The highest BCUT2D eigenvalue weighted by Crippen LogP contribution is 2.34. The van der Waals surface area contributed by atoms with Gasteiger partial charge in [-0.15, -0.1) is 11.3 Å². The van der Waals surface area contributed by atoms with Gasteiger partial charge in [0.15, 0.2) is 5.78 Å². The minimum Gasteiger partial charge on any atom is -0.353 e. The monoisotopic (exact) mass is 275 g/mol. The van der Waals surface area contributed by atoms with Gasteiger partial charge in [0.05, 0.1) is 16.1 Å². The number of hydrogen-bond acceptors (Lipinski definition) is 2. The number of aromatic nitrogens is 1. The topological polar surface area (TPSA) is 32.9 Å². The predicted octanol–water partition coefficient (Wildman–Crippen LogP) is 4.75. The number of rotatable bonds is 2. The third kappa shape index (κ3) is 1.76. The number of carbonyl (C=O) groups excluding carboxylic acids is 1. The zero-order valence-electron chi connectivity index (χ0n) is 9.66. The van der Waals surface area contributed by atoms with E-state index in [-0.39, 0.29) is 5.78 Å². The molecule has 1 N–H and O–H groups in total. The van der Waals surface area contributed by atoms with Gasteiger partial charge in [0.25, 0.3) is 0 Å². The number of fused-ring (bicyclic) bond motifs is 1. The van der Waals surface area contributed by atoms with E-state index in [4.69, 9.17) is 11.6 Å². The summed E-state index contributed by atoms with van der Waals surface area (Å²) in [6.45, 7) is 1.58. The minimum atomic E-state index is 0.0481. The molecular weight excluding hydrogens is 266 g/mol. The molecule has 2 aromatic heterocycles. The van der Waals surface area contributed by atoms with Gasteiger partial charge in [-0.05, 0) is 36.6 Å². The van der Waals surface area contributed by atoms with Crippen LogP contribution in [0.4, 0.5) is 0 Å². The van der Waals surface area contributed by atoms with E-state index in [9.17, 15) is 4.79 Å². The highest BCUT2D eigenvalue weighted by molar-refractivity contribution is 7.13. The van der Waals surface area contributed by atoms with E-state index in [2.05, 4.69) is 4.98 Å². The molecule has 0 saturated heterocycles. The van der Waals surface area contributed by atoms with Gasteiger partial charge in [-0.2, -0.15) is 0 Å². The smallest absolute Gasteiger partial charge is 0.162 e. The Kier molecular flexibility index (Phi) is 2.73. The average molecular weight is 276 g/mol. The first-order valence-electron chi connectivity index (χ1n) is 5.53. The Morgan fingerprint density at radius 3 is 2.83 bits per heavy atom. The van der Waals surface area contributed by atoms with Gasteiger partial charge in [-0.3, -0.25) is 4.79 Å². The maximum Gasteiger partial charge on any atom is 0.162 e. The second kappa shape index (κ2) is 4.26. The predicted molar refractivity (Wildman–Crippen MR) is 76.6 cm³/mol. The molecule has 2 heterocycles. The molecule has 0 atom stereocenters. The molecule has 0 unspecified atom stereocenters. The molecule has 3 aromatic rings. The van der Waals surface area contributed by atoms with Crippen molar-refractivity contribution >= 4 is 39.6 Å². The first kappa shape index (κ1) is 11.5. The van der Waals surface area contributed by atoms with Gasteiger partial charge >= 0.3 is 0 Å². The van der Waals surface area contributed by atoms with E-state index >= 15 is 0 Å². The van der Waals surface area contributed by atoms with Crippen LogP contribution in [0.25, 0.3) is 21.5 Å². The maximum atomic E-state index is 11.9. The highest BCUT2D eigenvalue weighted by atomic mass is 35.5. The largest absolute Gasteiger partial charge is 0.353 e. The summed E-state index contributed by atoms with van der Waals surface area (Å²) in [4.78, 5) is 16.3. The molecule has 2 nitrogen and oxygen atoms in total. The fourth-order valence-corrected chi connectivity index (χ4v) is 3.04. The van der Waals surface area contributed by atoms with Gasteiger partial charge in [0.1, 0.15) is 0 Å². The molecule has 3 rings (SSSR count). The van der Waals surface area contributed by atoms with Crippen molar-refractivity contribution in [3.8, 4) is 10.6 Å². The SMILES string of the molecule is CC(=O)c1c(-c2cccs2)[nH]c2ccc(Cl)cc12. The zero-order chi connectivity index (χ0) is 12.7. The Hall–Kier alpha value is -1.58. The number of H-pyrrole nitrogens is 1. The van der Waals surface area contributed by atoms with Crippen LogP contribution in [0.5, 0.6) is 0 Å². The summed E-state index contributed by atoms with van der Waals surface area (Å²) in [5.41, 5.74) is 2.54. The molecule has 0 spiro atoms. The van der Waals surface area contributed by atoms with Crippen molar-refractivity contribution in [1.82, 2.24) is 4.98 Å². The summed E-state index contributed by atoms with van der Waals surface area (Å²) in [5, 5.41) is 3.53. The third-order valence-corrected chi connectivity index (χ3v) is 4.00. The lowest BCUT2D eigenvalue weighted by Crippen LogP contribution is -1.92. The van der Waals surface area contributed by atoms with Crippen molar-refractivity contribution in [2.45, 2.75) is 6.92 Å². The molecule has 0 saturated carbocycles. The van der Waals surface area contributed by atoms with Crippen LogP contribution < -0.4 is 0 Å². The number of carbonyl (C=O) groups is 1. The van der Waals surface area contributed by atoms with Crippen LogP contribution in [0.1, 0.15) is 17.3 Å². The first-order valence-corrected chi connectivity index (χ1v) is 6.78. The lowest BCUT2D eigenvalue weighted by Gasteiger charge is -1.98. The fraction of sp³-hybridized carbons (Fsp3) is 0.0714. The molecule has 1 aromatic carbocycles. The Balaban J connectivity index is 2.38. The number of benzene rings is 1. The summed E-state index contributed by atoms with van der Waals surface area (Å²) in [6.07, 6.45) is 0. The second-order valence-electron chi connectivity index (χ2n) is 4.10. The average Bonchev–Trinajstić information content (AvgIpc) is 2.94. The number of halogens is 1. The van der Waals surface area contributed by atoms with E-state index in [0.717, 1.165) is 27.0 Å². The quantitative estimate of drug-likeness (QED) is 0.673. The van der Waals surface area contributed by atoms with Crippen molar-refractivity contribution in [2.24, 2.45) is 0 Å². The minimum absolute atomic E-state index is 0.0481. The van der Waals surface area contributed by atoms with Crippen LogP contribution in [0, 0.1) is 0 Å². The van der Waals surface area contributed by atoms with Crippen LogP contribution >= 0.6 is 22.9 Å². The van der Waals surface area contributed by atoms with Gasteiger partial charge in [-0.25, -0.2) is 0 Å². The Labute approximate surface area is 113 Å². The van der Waals surface area contributed by atoms with Gasteiger partial charge < -0.3 is 4.98 Å². The number of thiophene rings is 1. The molecule has 18 heavy (non-hydrogen) atoms. The molecule has 0 aliphatic carbocycles. The highest BCUT2D eigenvalue weighted by Gasteiger charge is 2.17. The van der Waals surface area contributed by atoms with Gasteiger partial charge in [-0.1, -0.05) is 17.7 Å². The Morgan fingerprint density at radius 2 is 2.17 bits per heavy atom. The first-order chi connectivity index (χ1) is 8.66. The number of nitrogens with one attached hydrogen (secondary N) is 1. The van der Waals surface area contributed by atoms with Crippen molar-refractivity contribution in [2.75, 3.05) is 0 Å². The number of hydrogen-bond donors (Lipinski definition) is 1. The Morgan fingerprint density at radius 1 is 1.33 bits per heavy atom. The van der Waals surface area contributed by atoms with Crippen molar-refractivity contribution in [1.29, 1.82) is 0 Å². The standard InChI is InChI=1S/C14H10ClNOS/c1-8(17)13-10-7-9(15)4-5-11(10)16-14(13)12-3-2-6-18-12/h2-7,16H,1H3. The molecule has 0 aliphatic heterocycles. The van der Waals surface area contributed by atoms with E-state index in [1.54, 1.807) is 18.3 Å². The van der Waals surface area contributed by atoms with Crippen molar-refractivity contribution in [3.05, 3.63) is 46.3 Å². The summed E-state index contributed by atoms with van der Waals surface area (Å²) >= 11 is 7.62. The summed E-state index contributed by atoms with van der Waals surface area (Å²) in [7, 11) is 0. The molecular formula is C14H10ClNOS. The zero-order valence-corrected chi connectivity index (χ0v) is 11.2. The van der Waals surface area contributed by atoms with Crippen LogP contribution in [0.15, 0.2) is 35.7 Å². The van der Waals surface area contributed by atoms with Crippen LogP contribution in [0.2, 0.25) is 5.02 Å². The molecule has 90 valence electrons. The molecule has 0 radical (unpaired) electrons. The van der Waals surface area contributed by atoms with Crippen molar-refractivity contribution < 1.29 is 4.79 Å². The van der Waals surface area contributed by atoms with Crippen LogP contribution in [-0.2, 0) is 0 Å². The van der Waals surface area contributed by atoms with Crippen LogP contribution in [-0.4, -0.2) is 10.8 Å². The molecule has 4 heteroatoms. The Bertz CT molecular complexity index is 728. The van der Waals surface area contributed by atoms with E-state index in [0.29, 0.717) is 5.02 Å². The second-order valence-corrected chi connectivity index (χ2v) is 5.48. The summed E-state index contributed by atoms with van der Waals surface area (Å²) in [6, 6.07) is 9.54. The van der Waals surface area contributed by atoms with E-state index in [1.165, 1.54) is 0 Å². The van der Waals surface area contributed by atoms with Gasteiger partial charge in [0, 0.05) is 15.9 Å². The lowest BCUT2D eigenvalue weighted by atomic mass is 10.1. The maximum absolute atomic E-state index is 11.9. The third-order valence-electron chi connectivity index (χ3n) is 2.88. The summed E-state index contributed by atoms with van der Waals surface area (Å²) < 4.78 is 0. The molecule has 0 fully saturated rings. The van der Waals surface area contributed by atoms with E-state index in [1.807, 2.05) is 35.7 Å². The molecule has 0 bridgehead atoms. The lowest BCUT2D eigenvalue weighted by molar-refractivity contribution is 0.102. The normalized spacial score (nSPS) is 11.0. The van der Waals surface area contributed by atoms with Crippen LogP contribution in [0.3, 0.4) is 0 Å². The number of Topliss-reactive ketones (excluding diaryl/α,β-unsaturated/α-hetero) is 1. The molecule has 0 amide bonds. The molecule has 0 aliphatic rings. The number of ketones is 1. The summed E-state index contributed by atoms with van der Waals surface area (Å²) in [5.74, 6) is 0.0481. The fourth-order valence-electron chi connectivity index (χ4n) is 2.14. The van der Waals surface area contributed by atoms with Crippen molar-refractivity contribution in [3.63, 3.8) is 0 Å². The number of aromatic amines is 1. The van der Waals surface area contributed by atoms with Gasteiger partial charge in [0.2, 0.25) is 0 Å². The van der Waals surface area contributed by atoms with E-state index < -0.39 is 0 Å².